The van der Waals surface area contributed by atoms with Gasteiger partial charge in [-0.2, -0.15) is 0 Å². The molecule has 0 radical (unpaired) electrons. The van der Waals surface area contributed by atoms with Crippen LogP contribution in [0.5, 0.6) is 0 Å². The fourth-order valence-corrected chi connectivity index (χ4v) is 1.40. The van der Waals surface area contributed by atoms with Gasteiger partial charge in [-0.1, -0.05) is 0 Å². The summed E-state index contributed by atoms with van der Waals surface area (Å²) in [5.74, 6) is -3.67. The molecule has 0 unspecified atom stereocenters. The summed E-state index contributed by atoms with van der Waals surface area (Å²) >= 11 is 0. The van der Waals surface area contributed by atoms with Gasteiger partial charge in [-0.25, -0.2) is 0 Å². The predicted molar refractivity (Wildman–Crippen MR) is 47.1 cm³/mol. The number of hydrogen-bond acceptors (Lipinski definition) is 9. The largest absolute Gasteiger partial charge is 2.00 e. The Balaban J connectivity index is 0.00000256. The molecule has 0 saturated carbocycles. The van der Waals surface area contributed by atoms with Crippen LogP contribution in [0.15, 0.2) is 11.7 Å². The Morgan fingerprint density at radius 1 is 1.53 bits per heavy atom. The molecule has 0 aromatic carbocycles. The molecule has 11 heteroatoms. The molecule has 1 aliphatic rings. The van der Waals surface area contributed by atoms with E-state index < -0.39 is 44.1 Å². The fraction of sp³-hybridized carbons (Fsp3) is 0.500. The third-order valence-corrected chi connectivity index (χ3v) is 2.06. The van der Waals surface area contributed by atoms with E-state index in [1.54, 1.807) is 0 Å². The number of carbonyl (C=O) groups excluding carboxylic acids is 1. The van der Waals surface area contributed by atoms with Crippen molar-refractivity contribution in [1.82, 2.24) is 0 Å². The van der Waals surface area contributed by atoms with Gasteiger partial charge in [0.05, 0.1) is 6.61 Å². The van der Waals surface area contributed by atoms with E-state index in [0.717, 1.165) is 0 Å². The molecule has 2 atom stereocenters. The Bertz CT molecular complexity index is 374. The number of carbonyl (C=O) groups is 1. The molecule has 1 rings (SSSR count). The second-order valence-electron chi connectivity index (χ2n) is 2.83. The number of rotatable bonds is 4. The zero-order valence-electron chi connectivity index (χ0n) is 8.31. The van der Waals surface area contributed by atoms with E-state index in [0.29, 0.717) is 0 Å². The van der Waals surface area contributed by atoms with E-state index in [9.17, 15) is 19.1 Å². The summed E-state index contributed by atoms with van der Waals surface area (Å²) in [6, 6.07) is 0. The molecule has 0 spiro atoms. The van der Waals surface area contributed by atoms with Crippen molar-refractivity contribution < 1.29 is 43.7 Å². The molecular formula is C6H7MgO9P. The van der Waals surface area contributed by atoms with E-state index in [1.807, 2.05) is 0 Å². The van der Waals surface area contributed by atoms with E-state index in [2.05, 4.69) is 9.26 Å². The molecule has 0 aromatic heterocycles. The monoisotopic (exact) mass is 278 g/mol. The van der Waals surface area contributed by atoms with Crippen molar-refractivity contribution in [2.75, 3.05) is 6.61 Å². The summed E-state index contributed by atoms with van der Waals surface area (Å²) in [6.45, 7) is -0.858. The maximum Gasteiger partial charge on any atom is 2.00 e. The van der Waals surface area contributed by atoms with Gasteiger partial charge in [0.15, 0.2) is 6.10 Å². The molecular weight excluding hydrogens is 271 g/mol. The molecule has 3 N–H and O–H groups in total. The van der Waals surface area contributed by atoms with Crippen molar-refractivity contribution in [3.05, 3.63) is 11.7 Å². The van der Waals surface area contributed by atoms with Crippen molar-refractivity contribution in [2.24, 2.45) is 0 Å². The minimum atomic E-state index is -5.52. The van der Waals surface area contributed by atoms with Gasteiger partial charge in [0.25, 0.3) is 5.76 Å². The summed E-state index contributed by atoms with van der Waals surface area (Å²) in [5, 5.41) is 26.5. The number of phosphoric ester groups is 1. The number of phosphoric acid groups is 1. The van der Waals surface area contributed by atoms with Gasteiger partial charge in [-0.05, 0) is 0 Å². The van der Waals surface area contributed by atoms with Crippen molar-refractivity contribution in [3.63, 3.8) is 0 Å². The molecule has 0 aromatic rings. The first-order valence-electron chi connectivity index (χ1n) is 3.91. The quantitative estimate of drug-likeness (QED) is 0.350. The van der Waals surface area contributed by atoms with Crippen LogP contribution in [0.2, 0.25) is 0 Å². The van der Waals surface area contributed by atoms with Gasteiger partial charge in [0.1, 0.15) is 13.9 Å². The van der Waals surface area contributed by atoms with Crippen LogP contribution >= 0.6 is 7.82 Å². The minimum Gasteiger partial charge on any atom is -0.780 e. The standard InChI is InChI=1S/C6H9O9P.Mg/c7-1-2(8)4-3(9)5(6(10)14-4)15-16(11,12)13;/h2,4,7-8,10H,1H2,(H2,11,12,13);/q;+2/p-2/t2-,4+;/m0./s1. The normalized spacial score (nSPS) is 21.9. The first-order chi connectivity index (χ1) is 7.26. The average molecular weight is 278 g/mol. The Hall–Kier alpha value is -0.354. The van der Waals surface area contributed by atoms with Gasteiger partial charge >= 0.3 is 29.0 Å². The minimum absolute atomic E-state index is 0. The third kappa shape index (κ3) is 4.10. The number of aliphatic hydroxyl groups excluding tert-OH is 3. The number of hydrogen-bond donors (Lipinski definition) is 3. The van der Waals surface area contributed by atoms with Gasteiger partial charge in [0, 0.05) is 0 Å². The molecule has 0 amide bonds. The molecule has 0 bridgehead atoms. The summed E-state index contributed by atoms with van der Waals surface area (Å²) in [7, 11) is -5.52. The zero-order chi connectivity index (χ0) is 12.5. The molecule has 1 aliphatic heterocycles. The maximum absolute atomic E-state index is 11.3. The van der Waals surface area contributed by atoms with Crippen LogP contribution in [0, 0.1) is 0 Å². The number of ketones is 1. The average Bonchev–Trinajstić information content (AvgIpc) is 2.42. The van der Waals surface area contributed by atoms with Crippen molar-refractivity contribution in [3.8, 4) is 0 Å². The van der Waals surface area contributed by atoms with Gasteiger partial charge in [-0.15, -0.1) is 0 Å². The Kier molecular flexibility index (Phi) is 5.88. The predicted octanol–water partition coefficient (Wildman–Crippen LogP) is -3.50. The molecule has 1 heterocycles. The van der Waals surface area contributed by atoms with Crippen molar-refractivity contribution in [2.45, 2.75) is 12.2 Å². The Morgan fingerprint density at radius 3 is 2.47 bits per heavy atom. The van der Waals surface area contributed by atoms with E-state index in [-0.39, 0.29) is 23.1 Å². The molecule has 92 valence electrons. The topological polar surface area (TPSA) is 159 Å². The second kappa shape index (κ2) is 6.00. The number of aliphatic hydroxyl groups is 3. The van der Waals surface area contributed by atoms with Crippen LogP contribution in [0.25, 0.3) is 0 Å². The van der Waals surface area contributed by atoms with Crippen LogP contribution in [0.1, 0.15) is 0 Å². The van der Waals surface area contributed by atoms with E-state index in [1.165, 1.54) is 0 Å². The third-order valence-electron chi connectivity index (χ3n) is 1.65. The van der Waals surface area contributed by atoms with Gasteiger partial charge < -0.3 is 38.9 Å². The maximum atomic E-state index is 11.3. The van der Waals surface area contributed by atoms with Gasteiger partial charge in [-0.3, -0.25) is 4.79 Å². The zero-order valence-corrected chi connectivity index (χ0v) is 10.6. The molecule has 17 heavy (non-hydrogen) atoms. The number of Topliss-reactive ketones (excluding diaryl/α,β-unsaturated/α-hetero) is 1. The van der Waals surface area contributed by atoms with Crippen LogP contribution < -0.4 is 9.79 Å². The smallest absolute Gasteiger partial charge is 0.780 e. The van der Waals surface area contributed by atoms with Crippen LogP contribution in [0.4, 0.5) is 0 Å². The number of ether oxygens (including phenoxy) is 1. The molecule has 0 aliphatic carbocycles. The van der Waals surface area contributed by atoms with Crippen LogP contribution in [-0.2, 0) is 18.6 Å². The van der Waals surface area contributed by atoms with E-state index >= 15 is 0 Å². The first-order valence-corrected chi connectivity index (χ1v) is 5.37. The molecule has 0 fully saturated rings. The SMILES string of the molecule is O=C1C(OP(=O)([O-])[O-])=C(O)O[C@@H]1[C@@H](O)CO.[Mg+2]. The second-order valence-corrected chi connectivity index (χ2v) is 3.90. The summed E-state index contributed by atoms with van der Waals surface area (Å²) in [6.07, 6.45) is -3.38. The summed E-state index contributed by atoms with van der Waals surface area (Å²) in [4.78, 5) is 31.7. The van der Waals surface area contributed by atoms with Crippen LogP contribution in [0.3, 0.4) is 0 Å². The molecule has 0 saturated heterocycles. The Labute approximate surface area is 111 Å². The van der Waals surface area contributed by atoms with Crippen molar-refractivity contribution >= 4 is 36.7 Å². The van der Waals surface area contributed by atoms with Crippen LogP contribution in [-0.4, -0.2) is 63.0 Å². The summed E-state index contributed by atoms with van der Waals surface area (Å²) in [5.41, 5.74) is 0. The fourth-order valence-electron chi connectivity index (χ4n) is 1.01. The van der Waals surface area contributed by atoms with Gasteiger partial charge in [0.2, 0.25) is 5.78 Å². The van der Waals surface area contributed by atoms with E-state index in [4.69, 9.17) is 15.3 Å². The Morgan fingerprint density at radius 2 is 2.06 bits per heavy atom. The molecule has 9 nitrogen and oxygen atoms in total. The first kappa shape index (κ1) is 16.6. The van der Waals surface area contributed by atoms with Crippen molar-refractivity contribution in [1.29, 1.82) is 0 Å². The summed E-state index contributed by atoms with van der Waals surface area (Å²) < 4.78 is 18.2.